The van der Waals surface area contributed by atoms with E-state index in [9.17, 15) is 14.4 Å². The molecule has 2 aromatic rings. The van der Waals surface area contributed by atoms with E-state index >= 15 is 0 Å². The molecule has 2 aliphatic heterocycles. The van der Waals surface area contributed by atoms with Crippen LogP contribution >= 0.6 is 0 Å². The fourth-order valence-electron chi connectivity index (χ4n) is 5.62. The SMILES string of the molecule is CCc1ccccc1N1CCN(C(=O)c2ccc(N3C(=O)[C@@H]4CCCC[C@H]4C3=O)cc2)CC1. The number of anilines is 2. The molecular weight excluding hydrogens is 414 g/mol. The van der Waals surface area contributed by atoms with Gasteiger partial charge in [0.25, 0.3) is 5.91 Å². The van der Waals surface area contributed by atoms with Crippen LogP contribution in [0, 0.1) is 11.8 Å². The molecule has 6 nitrogen and oxygen atoms in total. The molecule has 2 saturated heterocycles. The van der Waals surface area contributed by atoms with Gasteiger partial charge in [0.2, 0.25) is 11.8 Å². The van der Waals surface area contributed by atoms with Crippen LogP contribution in [0.5, 0.6) is 0 Å². The lowest BCUT2D eigenvalue weighted by atomic mass is 9.81. The third-order valence-electron chi connectivity index (χ3n) is 7.49. The Morgan fingerprint density at radius 1 is 0.848 bits per heavy atom. The largest absolute Gasteiger partial charge is 0.368 e. The van der Waals surface area contributed by atoms with E-state index in [2.05, 4.69) is 36.1 Å². The monoisotopic (exact) mass is 445 g/mol. The highest BCUT2D eigenvalue weighted by Crippen LogP contribution is 2.40. The average molecular weight is 446 g/mol. The third-order valence-corrected chi connectivity index (χ3v) is 7.49. The minimum Gasteiger partial charge on any atom is -0.368 e. The molecular formula is C27H31N3O3. The van der Waals surface area contributed by atoms with Crippen molar-refractivity contribution >= 4 is 29.1 Å². The van der Waals surface area contributed by atoms with Crippen LogP contribution in [0.4, 0.5) is 11.4 Å². The van der Waals surface area contributed by atoms with Gasteiger partial charge in [0, 0.05) is 37.4 Å². The van der Waals surface area contributed by atoms with Gasteiger partial charge in [-0.25, -0.2) is 0 Å². The summed E-state index contributed by atoms with van der Waals surface area (Å²) in [5.41, 5.74) is 3.77. The van der Waals surface area contributed by atoms with Crippen molar-refractivity contribution in [2.75, 3.05) is 36.0 Å². The number of fused-ring (bicyclic) bond motifs is 1. The van der Waals surface area contributed by atoms with E-state index in [-0.39, 0.29) is 29.6 Å². The summed E-state index contributed by atoms with van der Waals surface area (Å²) in [7, 11) is 0. The minimum atomic E-state index is -0.165. The predicted molar refractivity (Wildman–Crippen MR) is 128 cm³/mol. The first-order chi connectivity index (χ1) is 16.1. The Kier molecular flexibility index (Phi) is 5.92. The standard InChI is InChI=1S/C27H31N3O3/c1-2-19-7-3-6-10-24(19)28-15-17-29(18-16-28)25(31)20-11-13-21(14-12-20)30-26(32)22-8-4-5-9-23(22)27(30)33/h3,6-7,10-14,22-23H,2,4-5,8-9,15-18H2,1H3/t22-,23-/m1/s1. The number of nitrogens with zero attached hydrogens (tertiary/aromatic N) is 3. The van der Waals surface area contributed by atoms with Crippen molar-refractivity contribution in [2.24, 2.45) is 11.8 Å². The number of aryl methyl sites for hydroxylation is 1. The zero-order chi connectivity index (χ0) is 22.9. The fourth-order valence-corrected chi connectivity index (χ4v) is 5.62. The Balaban J connectivity index is 1.24. The van der Waals surface area contributed by atoms with Crippen LogP contribution in [0.25, 0.3) is 0 Å². The van der Waals surface area contributed by atoms with Gasteiger partial charge in [-0.2, -0.15) is 0 Å². The van der Waals surface area contributed by atoms with E-state index < -0.39 is 0 Å². The molecule has 2 heterocycles. The molecule has 3 amide bonds. The summed E-state index contributed by atoms with van der Waals surface area (Å²) >= 11 is 0. The molecule has 2 atom stereocenters. The van der Waals surface area contributed by atoms with Crippen molar-refractivity contribution in [2.45, 2.75) is 39.0 Å². The first-order valence-electron chi connectivity index (χ1n) is 12.2. The van der Waals surface area contributed by atoms with Gasteiger partial charge >= 0.3 is 0 Å². The highest BCUT2D eigenvalue weighted by atomic mass is 16.2. The summed E-state index contributed by atoms with van der Waals surface area (Å²) in [5, 5.41) is 0. The molecule has 0 spiro atoms. The van der Waals surface area contributed by atoms with E-state index in [0.29, 0.717) is 24.3 Å². The van der Waals surface area contributed by atoms with Gasteiger partial charge in [0.05, 0.1) is 17.5 Å². The number of carbonyl (C=O) groups is 3. The molecule has 1 saturated carbocycles. The lowest BCUT2D eigenvalue weighted by molar-refractivity contribution is -0.122. The van der Waals surface area contributed by atoms with Crippen molar-refractivity contribution in [3.63, 3.8) is 0 Å². The van der Waals surface area contributed by atoms with Crippen LogP contribution in [0.1, 0.15) is 48.5 Å². The molecule has 0 unspecified atom stereocenters. The smallest absolute Gasteiger partial charge is 0.253 e. The molecule has 0 bridgehead atoms. The van der Waals surface area contributed by atoms with Crippen LogP contribution in [0.3, 0.4) is 0 Å². The number of rotatable bonds is 4. The summed E-state index contributed by atoms with van der Waals surface area (Å²) in [6.45, 7) is 5.12. The zero-order valence-electron chi connectivity index (χ0n) is 19.2. The summed E-state index contributed by atoms with van der Waals surface area (Å²) in [6, 6.07) is 15.5. The highest BCUT2D eigenvalue weighted by molar-refractivity contribution is 6.22. The summed E-state index contributed by atoms with van der Waals surface area (Å²) in [6.07, 6.45) is 4.62. The van der Waals surface area contributed by atoms with E-state index in [1.54, 1.807) is 24.3 Å². The van der Waals surface area contributed by atoms with Crippen molar-refractivity contribution in [3.8, 4) is 0 Å². The lowest BCUT2D eigenvalue weighted by Gasteiger charge is -2.37. The number of hydrogen-bond acceptors (Lipinski definition) is 4. The van der Waals surface area contributed by atoms with Crippen LogP contribution in [0.2, 0.25) is 0 Å². The second kappa shape index (κ2) is 9.00. The van der Waals surface area contributed by atoms with Crippen molar-refractivity contribution in [1.29, 1.82) is 0 Å². The zero-order valence-corrected chi connectivity index (χ0v) is 19.2. The number of imide groups is 1. The molecule has 172 valence electrons. The van der Waals surface area contributed by atoms with Crippen molar-refractivity contribution < 1.29 is 14.4 Å². The molecule has 0 radical (unpaired) electrons. The molecule has 3 aliphatic rings. The maximum atomic E-state index is 13.1. The van der Waals surface area contributed by atoms with E-state index in [4.69, 9.17) is 0 Å². The number of benzene rings is 2. The van der Waals surface area contributed by atoms with E-state index in [1.165, 1.54) is 16.2 Å². The number of carbonyl (C=O) groups excluding carboxylic acids is 3. The fraction of sp³-hybridized carbons (Fsp3) is 0.444. The maximum Gasteiger partial charge on any atom is 0.253 e. The summed E-state index contributed by atoms with van der Waals surface area (Å²) in [4.78, 5) is 44.4. The molecule has 6 heteroatoms. The summed E-state index contributed by atoms with van der Waals surface area (Å²) in [5.74, 6) is -0.486. The molecule has 33 heavy (non-hydrogen) atoms. The number of hydrogen-bond donors (Lipinski definition) is 0. The molecule has 5 rings (SSSR count). The Hall–Kier alpha value is -3.15. The van der Waals surface area contributed by atoms with Gasteiger partial charge < -0.3 is 9.80 Å². The Bertz CT molecular complexity index is 1030. The lowest BCUT2D eigenvalue weighted by Crippen LogP contribution is -2.49. The van der Waals surface area contributed by atoms with Gasteiger partial charge in [0.15, 0.2) is 0 Å². The Morgan fingerprint density at radius 3 is 2.06 bits per heavy atom. The molecule has 1 aliphatic carbocycles. The van der Waals surface area contributed by atoms with Gasteiger partial charge in [0.1, 0.15) is 0 Å². The molecule has 0 aromatic heterocycles. The van der Waals surface area contributed by atoms with Gasteiger partial charge in [-0.1, -0.05) is 38.0 Å². The average Bonchev–Trinajstić information content (AvgIpc) is 3.13. The molecule has 3 fully saturated rings. The minimum absolute atomic E-state index is 0.00211. The first kappa shape index (κ1) is 21.7. The van der Waals surface area contributed by atoms with Crippen molar-refractivity contribution in [3.05, 3.63) is 59.7 Å². The summed E-state index contributed by atoms with van der Waals surface area (Å²) < 4.78 is 0. The number of para-hydroxylation sites is 1. The highest BCUT2D eigenvalue weighted by Gasteiger charge is 2.48. The normalized spacial score (nSPS) is 23.1. The van der Waals surface area contributed by atoms with Crippen molar-refractivity contribution in [1.82, 2.24) is 4.90 Å². The molecule has 0 N–H and O–H groups in total. The second-order valence-electron chi connectivity index (χ2n) is 9.32. The van der Waals surface area contributed by atoms with E-state index in [0.717, 1.165) is 45.2 Å². The van der Waals surface area contributed by atoms with Gasteiger partial charge in [-0.15, -0.1) is 0 Å². The molecule has 2 aromatic carbocycles. The Labute approximate surface area is 195 Å². The number of amides is 3. The topological polar surface area (TPSA) is 60.9 Å². The third kappa shape index (κ3) is 3.92. The predicted octanol–water partition coefficient (Wildman–Crippen LogP) is 3.89. The van der Waals surface area contributed by atoms with Gasteiger partial charge in [-0.3, -0.25) is 19.3 Å². The van der Waals surface area contributed by atoms with Gasteiger partial charge in [-0.05, 0) is 55.2 Å². The van der Waals surface area contributed by atoms with Crippen LogP contribution in [0.15, 0.2) is 48.5 Å². The van der Waals surface area contributed by atoms with Crippen LogP contribution in [-0.2, 0) is 16.0 Å². The first-order valence-corrected chi connectivity index (χ1v) is 12.2. The van der Waals surface area contributed by atoms with Crippen LogP contribution in [-0.4, -0.2) is 48.8 Å². The maximum absolute atomic E-state index is 13.1. The second-order valence-corrected chi connectivity index (χ2v) is 9.32. The Morgan fingerprint density at radius 2 is 1.45 bits per heavy atom. The van der Waals surface area contributed by atoms with E-state index in [1.807, 2.05) is 4.90 Å². The van der Waals surface area contributed by atoms with Crippen LogP contribution < -0.4 is 9.80 Å². The quantitative estimate of drug-likeness (QED) is 0.670. The number of piperazine rings is 1.